The molecular weight excluding hydrogens is 574 g/mol. The fraction of sp³-hybridized carbons (Fsp3) is 0.531. The molecule has 4 aliphatic rings. The monoisotopic (exact) mass is 613 g/mol. The van der Waals surface area contributed by atoms with E-state index in [1.54, 1.807) is 33.1 Å². The molecule has 8 nitrogen and oxygen atoms in total. The van der Waals surface area contributed by atoms with Crippen LogP contribution in [0.15, 0.2) is 53.4 Å². The molecule has 42 heavy (non-hydrogen) atoms. The van der Waals surface area contributed by atoms with Crippen molar-refractivity contribution < 1.29 is 22.7 Å². The molecule has 1 fully saturated rings. The van der Waals surface area contributed by atoms with Gasteiger partial charge in [-0.2, -0.15) is 0 Å². The zero-order valence-electron chi connectivity index (χ0n) is 24.5. The molecule has 0 radical (unpaired) electrons. The molecule has 0 saturated heterocycles. The minimum absolute atomic E-state index is 0.0395. The number of sulfonamides is 1. The number of fused-ring (bicyclic) bond motifs is 4. The van der Waals surface area contributed by atoms with Gasteiger partial charge in [0.1, 0.15) is 5.75 Å². The highest BCUT2D eigenvalue weighted by Gasteiger charge is 2.44. The van der Waals surface area contributed by atoms with Crippen LogP contribution < -0.4 is 19.7 Å². The van der Waals surface area contributed by atoms with E-state index in [0.717, 1.165) is 49.4 Å². The van der Waals surface area contributed by atoms with Crippen molar-refractivity contribution in [2.75, 3.05) is 38.3 Å². The van der Waals surface area contributed by atoms with Gasteiger partial charge in [-0.05, 0) is 99.2 Å². The number of carbonyl (C=O) groups is 1. The summed E-state index contributed by atoms with van der Waals surface area (Å²) in [6.45, 7) is 5.69. The predicted octanol–water partition coefficient (Wildman–Crippen LogP) is 4.60. The third kappa shape index (κ3) is 5.45. The zero-order chi connectivity index (χ0) is 29.7. The topological polar surface area (TPSA) is 97.0 Å². The Labute approximate surface area is 253 Å². The van der Waals surface area contributed by atoms with Crippen LogP contribution in [0, 0.1) is 11.8 Å². The van der Waals surface area contributed by atoms with Crippen LogP contribution >= 0.6 is 11.6 Å². The van der Waals surface area contributed by atoms with Crippen LogP contribution in [-0.4, -0.2) is 59.3 Å². The Morgan fingerprint density at radius 3 is 2.74 bits per heavy atom. The number of anilines is 1. The number of amides is 1. The average molecular weight is 614 g/mol. The number of ether oxygens (including phenoxy) is 2. The highest BCUT2D eigenvalue weighted by molar-refractivity contribution is 7.90. The van der Waals surface area contributed by atoms with Crippen molar-refractivity contribution in [3.63, 3.8) is 0 Å². The molecule has 2 heterocycles. The lowest BCUT2D eigenvalue weighted by molar-refractivity contribution is -0.124. The number of hydrogen-bond acceptors (Lipinski definition) is 7. The van der Waals surface area contributed by atoms with Gasteiger partial charge in [0.25, 0.3) is 15.9 Å². The molecule has 2 N–H and O–H groups in total. The maximum atomic E-state index is 13.5. The summed E-state index contributed by atoms with van der Waals surface area (Å²) >= 11 is 6.40. The van der Waals surface area contributed by atoms with Gasteiger partial charge in [0.2, 0.25) is 0 Å². The molecular formula is C32H40ClN3O5S. The number of hydrogen-bond donors (Lipinski definition) is 2. The van der Waals surface area contributed by atoms with Gasteiger partial charge in [-0.3, -0.25) is 4.79 Å². The van der Waals surface area contributed by atoms with E-state index in [9.17, 15) is 13.2 Å². The normalized spacial score (nSPS) is 31.0. The number of benzene rings is 2. The van der Waals surface area contributed by atoms with Gasteiger partial charge in [0.05, 0.1) is 28.8 Å². The number of aryl methyl sites for hydroxylation is 1. The highest BCUT2D eigenvalue weighted by Crippen LogP contribution is 2.47. The Kier molecular flexibility index (Phi) is 7.83. The average Bonchev–Trinajstić information content (AvgIpc) is 3.08. The minimum atomic E-state index is -4.13. The summed E-state index contributed by atoms with van der Waals surface area (Å²) in [5.74, 6) is 0.738. The van der Waals surface area contributed by atoms with Gasteiger partial charge in [0, 0.05) is 37.2 Å². The lowest BCUT2D eigenvalue weighted by atomic mass is 9.68. The Bertz CT molecular complexity index is 1510. The van der Waals surface area contributed by atoms with Crippen LogP contribution in [0.1, 0.15) is 50.7 Å². The van der Waals surface area contributed by atoms with Crippen molar-refractivity contribution in [2.45, 2.75) is 67.9 Å². The van der Waals surface area contributed by atoms with Crippen LogP contribution in [0.2, 0.25) is 5.02 Å². The summed E-state index contributed by atoms with van der Waals surface area (Å²) in [4.78, 5) is 15.5. The summed E-state index contributed by atoms with van der Waals surface area (Å²) in [5.41, 5.74) is 1.88. The third-order valence-electron chi connectivity index (χ3n) is 9.73. The lowest BCUT2D eigenvalue weighted by Gasteiger charge is -2.46. The molecule has 10 heteroatoms. The minimum Gasteiger partial charge on any atom is -0.490 e. The lowest BCUT2D eigenvalue weighted by Crippen LogP contribution is -2.54. The van der Waals surface area contributed by atoms with E-state index in [1.807, 2.05) is 12.1 Å². The molecule has 226 valence electrons. The fourth-order valence-corrected chi connectivity index (χ4v) is 8.43. The number of nitrogens with zero attached hydrogens (tertiary/aromatic N) is 1. The van der Waals surface area contributed by atoms with Crippen molar-refractivity contribution in [1.82, 2.24) is 10.0 Å². The second-order valence-corrected chi connectivity index (χ2v) is 14.9. The molecule has 1 saturated carbocycles. The summed E-state index contributed by atoms with van der Waals surface area (Å²) in [6, 6.07) is 11.1. The standard InChI is InChI=1S/C32H40ClN3O5S/c1-31(2)30(37)35-42(38,39)24-10-13-29-27(17-24)36(18-22-8-11-25(22)28(40-3)7-5-15-34-31)19-32(20-41-29)14-4-6-21-16-23(33)9-12-26(21)32/h5,7,9-10,12-13,16-17,22,25,28,34H,4,6,8,11,14-15,18-20H2,1-3H3,(H,35,37)/b7-5-/t22-,25+,28-,32-/m0/s1. The second kappa shape index (κ2) is 11.2. The number of methoxy groups -OCH3 is 1. The van der Waals surface area contributed by atoms with E-state index in [-0.39, 0.29) is 16.4 Å². The predicted molar refractivity (Wildman–Crippen MR) is 164 cm³/mol. The number of carbonyl (C=O) groups excluding carboxylic acids is 1. The Morgan fingerprint density at radius 2 is 1.98 bits per heavy atom. The summed E-state index contributed by atoms with van der Waals surface area (Å²) in [6.07, 6.45) is 9.10. The maximum absolute atomic E-state index is 13.5. The van der Waals surface area contributed by atoms with Gasteiger partial charge in [-0.1, -0.05) is 29.8 Å². The Balaban J connectivity index is 1.45. The van der Waals surface area contributed by atoms with Crippen molar-refractivity contribution in [2.24, 2.45) is 11.8 Å². The molecule has 2 bridgehead atoms. The van der Waals surface area contributed by atoms with Crippen molar-refractivity contribution in [3.8, 4) is 5.75 Å². The SMILES string of the molecule is CO[C@H]1/C=C\CNC(C)(C)C(=O)NS(=O)(=O)c2ccc3c(c2)N(C[C@@H]2CC[C@H]21)C[C@@]1(CCCc2cc(Cl)ccc21)CO3. The van der Waals surface area contributed by atoms with Crippen LogP contribution in [0.3, 0.4) is 0 Å². The molecule has 1 amide bonds. The summed E-state index contributed by atoms with van der Waals surface area (Å²) < 4.78 is 41.8. The molecule has 0 aromatic heterocycles. The summed E-state index contributed by atoms with van der Waals surface area (Å²) in [7, 11) is -2.38. The molecule has 4 atom stereocenters. The molecule has 2 aliphatic carbocycles. The van der Waals surface area contributed by atoms with E-state index < -0.39 is 21.5 Å². The quantitative estimate of drug-likeness (QED) is 0.454. The molecule has 1 spiro atoms. The second-order valence-electron chi connectivity index (χ2n) is 12.8. The first-order valence-electron chi connectivity index (χ1n) is 14.8. The van der Waals surface area contributed by atoms with E-state index >= 15 is 0 Å². The molecule has 6 rings (SSSR count). The summed E-state index contributed by atoms with van der Waals surface area (Å²) in [5, 5.41) is 3.89. The van der Waals surface area contributed by atoms with Gasteiger partial charge in [-0.15, -0.1) is 0 Å². The molecule has 2 aromatic carbocycles. The fourth-order valence-electron chi connectivity index (χ4n) is 7.10. The van der Waals surface area contributed by atoms with E-state index in [1.165, 1.54) is 17.2 Å². The van der Waals surface area contributed by atoms with Crippen molar-refractivity contribution in [3.05, 3.63) is 64.7 Å². The van der Waals surface area contributed by atoms with Gasteiger partial charge >= 0.3 is 0 Å². The van der Waals surface area contributed by atoms with Crippen LogP contribution in [0.5, 0.6) is 5.75 Å². The third-order valence-corrected chi connectivity index (χ3v) is 11.3. The Morgan fingerprint density at radius 1 is 1.14 bits per heavy atom. The molecule has 2 aromatic rings. The van der Waals surface area contributed by atoms with Gasteiger partial charge in [0.15, 0.2) is 0 Å². The van der Waals surface area contributed by atoms with Gasteiger partial charge in [-0.25, -0.2) is 13.1 Å². The van der Waals surface area contributed by atoms with Crippen molar-refractivity contribution in [1.29, 1.82) is 0 Å². The van der Waals surface area contributed by atoms with Crippen molar-refractivity contribution >= 4 is 33.2 Å². The van der Waals surface area contributed by atoms with Crippen LogP contribution in [-0.2, 0) is 31.4 Å². The van der Waals surface area contributed by atoms with Gasteiger partial charge < -0.3 is 19.7 Å². The number of rotatable bonds is 1. The Hall–Kier alpha value is -2.59. The van der Waals surface area contributed by atoms with E-state index in [2.05, 4.69) is 33.1 Å². The first-order chi connectivity index (χ1) is 20.0. The first kappa shape index (κ1) is 29.5. The van der Waals surface area contributed by atoms with E-state index in [4.69, 9.17) is 21.1 Å². The smallest absolute Gasteiger partial charge is 0.264 e. The van der Waals surface area contributed by atoms with E-state index in [0.29, 0.717) is 37.3 Å². The number of halogens is 1. The van der Waals surface area contributed by atoms with Crippen LogP contribution in [0.4, 0.5) is 5.69 Å². The zero-order valence-corrected chi connectivity index (χ0v) is 26.1. The van der Waals surface area contributed by atoms with Crippen LogP contribution in [0.25, 0.3) is 0 Å². The first-order valence-corrected chi connectivity index (χ1v) is 16.7. The maximum Gasteiger partial charge on any atom is 0.264 e. The largest absolute Gasteiger partial charge is 0.490 e. The molecule has 2 aliphatic heterocycles. The molecule has 0 unspecified atom stereocenters. The number of nitrogens with one attached hydrogen (secondary N) is 2. The highest BCUT2D eigenvalue weighted by atomic mass is 35.5.